The summed E-state index contributed by atoms with van der Waals surface area (Å²) in [6.07, 6.45) is 5.23. The van der Waals surface area contributed by atoms with E-state index in [9.17, 15) is 9.59 Å². The van der Waals surface area contributed by atoms with Crippen LogP contribution in [0.2, 0.25) is 5.02 Å². The van der Waals surface area contributed by atoms with E-state index in [1.165, 1.54) is 17.7 Å². The second-order valence-corrected chi connectivity index (χ2v) is 8.83. The predicted molar refractivity (Wildman–Crippen MR) is 139 cm³/mol. The van der Waals surface area contributed by atoms with Gasteiger partial charge in [0.2, 0.25) is 5.91 Å². The van der Waals surface area contributed by atoms with Crippen molar-refractivity contribution in [2.45, 2.75) is 26.3 Å². The molecule has 0 aliphatic heterocycles. The summed E-state index contributed by atoms with van der Waals surface area (Å²) in [5.74, 6) is 0.155. The molecule has 0 saturated heterocycles. The lowest BCUT2D eigenvalue weighted by atomic mass is 10.00. The standard InChI is InChI=1S/C28H26ClN3O3/c1-18-6-10-22(11-7-18)31-28(34)25(13-20-5-4-12-30-16-20)32-17-26(35-3)24(15-27(32)33)23-14-21(29)9-8-19(23)2/h4-12,14-17,25H,13H2,1-3H3,(H,31,34). The molecule has 0 aliphatic rings. The van der Waals surface area contributed by atoms with Gasteiger partial charge in [0, 0.05) is 41.2 Å². The molecule has 0 spiro atoms. The molecule has 1 unspecified atom stereocenters. The van der Waals surface area contributed by atoms with Gasteiger partial charge in [-0.2, -0.15) is 0 Å². The van der Waals surface area contributed by atoms with E-state index in [1.54, 1.807) is 36.8 Å². The molecule has 1 atom stereocenters. The summed E-state index contributed by atoms with van der Waals surface area (Å²) >= 11 is 6.22. The lowest BCUT2D eigenvalue weighted by molar-refractivity contribution is -0.119. The summed E-state index contributed by atoms with van der Waals surface area (Å²) < 4.78 is 7.07. The summed E-state index contributed by atoms with van der Waals surface area (Å²) in [5, 5.41) is 3.50. The number of ether oxygens (including phenoxy) is 1. The van der Waals surface area contributed by atoms with Gasteiger partial charge in [0.25, 0.3) is 5.56 Å². The number of benzene rings is 2. The van der Waals surface area contributed by atoms with Crippen molar-refractivity contribution in [2.24, 2.45) is 0 Å². The van der Waals surface area contributed by atoms with Crippen LogP contribution in [0, 0.1) is 13.8 Å². The Hall–Kier alpha value is -3.90. The summed E-state index contributed by atoms with van der Waals surface area (Å²) in [7, 11) is 1.54. The van der Waals surface area contributed by atoms with Crippen LogP contribution in [0.1, 0.15) is 22.7 Å². The Morgan fingerprint density at radius 1 is 1.09 bits per heavy atom. The van der Waals surface area contributed by atoms with Crippen molar-refractivity contribution >= 4 is 23.2 Å². The number of carbonyl (C=O) groups excluding carboxylic acids is 1. The van der Waals surface area contributed by atoms with E-state index in [1.807, 2.05) is 50.2 Å². The highest BCUT2D eigenvalue weighted by molar-refractivity contribution is 6.30. The van der Waals surface area contributed by atoms with Crippen molar-refractivity contribution < 1.29 is 9.53 Å². The molecular formula is C28H26ClN3O3. The molecule has 1 N–H and O–H groups in total. The van der Waals surface area contributed by atoms with E-state index in [-0.39, 0.29) is 17.9 Å². The molecule has 2 aromatic carbocycles. The lowest BCUT2D eigenvalue weighted by Crippen LogP contribution is -2.34. The van der Waals surface area contributed by atoms with Gasteiger partial charge in [0.05, 0.1) is 13.3 Å². The average molecular weight is 488 g/mol. The third kappa shape index (κ3) is 5.61. The lowest BCUT2D eigenvalue weighted by Gasteiger charge is -2.22. The zero-order chi connectivity index (χ0) is 24.9. The van der Waals surface area contributed by atoms with Gasteiger partial charge in [-0.1, -0.05) is 41.4 Å². The van der Waals surface area contributed by atoms with Crippen LogP contribution in [0.5, 0.6) is 5.75 Å². The van der Waals surface area contributed by atoms with Crippen molar-refractivity contribution in [1.82, 2.24) is 9.55 Å². The Kier molecular flexibility index (Phi) is 7.32. The van der Waals surface area contributed by atoms with Crippen LogP contribution >= 0.6 is 11.6 Å². The molecule has 4 rings (SSSR count). The van der Waals surface area contributed by atoms with Gasteiger partial charge in [0.15, 0.2) is 0 Å². The van der Waals surface area contributed by atoms with E-state index in [4.69, 9.17) is 16.3 Å². The first-order valence-electron chi connectivity index (χ1n) is 11.2. The number of nitrogens with zero attached hydrogens (tertiary/aromatic N) is 2. The first-order valence-corrected chi connectivity index (χ1v) is 11.6. The Labute approximate surface area is 209 Å². The van der Waals surface area contributed by atoms with Gasteiger partial charge in [-0.3, -0.25) is 19.1 Å². The molecule has 0 fully saturated rings. The third-order valence-electron chi connectivity index (χ3n) is 5.86. The van der Waals surface area contributed by atoms with Crippen molar-refractivity contribution in [2.75, 3.05) is 12.4 Å². The Balaban J connectivity index is 1.78. The molecule has 0 saturated carbocycles. The zero-order valence-corrected chi connectivity index (χ0v) is 20.5. The number of pyridine rings is 2. The normalized spacial score (nSPS) is 11.7. The maximum absolute atomic E-state index is 13.5. The van der Waals surface area contributed by atoms with Crippen LogP contribution in [0.4, 0.5) is 5.69 Å². The van der Waals surface area contributed by atoms with E-state index in [0.29, 0.717) is 22.0 Å². The summed E-state index contributed by atoms with van der Waals surface area (Å²) in [4.78, 5) is 31.0. The average Bonchev–Trinajstić information content (AvgIpc) is 2.86. The number of anilines is 1. The molecule has 0 aliphatic carbocycles. The van der Waals surface area contributed by atoms with Crippen molar-refractivity contribution in [1.29, 1.82) is 0 Å². The summed E-state index contributed by atoms with van der Waals surface area (Å²) in [5.41, 5.74) is 4.62. The quantitative estimate of drug-likeness (QED) is 0.367. The molecule has 2 aromatic heterocycles. The van der Waals surface area contributed by atoms with Crippen LogP contribution in [-0.4, -0.2) is 22.6 Å². The second kappa shape index (κ2) is 10.6. The van der Waals surface area contributed by atoms with Gasteiger partial charge < -0.3 is 10.1 Å². The molecule has 1 amide bonds. The number of amides is 1. The van der Waals surface area contributed by atoms with Crippen molar-refractivity contribution in [3.63, 3.8) is 0 Å². The van der Waals surface area contributed by atoms with Gasteiger partial charge in [0.1, 0.15) is 11.8 Å². The van der Waals surface area contributed by atoms with Crippen LogP contribution < -0.4 is 15.6 Å². The number of hydrogen-bond donors (Lipinski definition) is 1. The molecule has 0 bridgehead atoms. The van der Waals surface area contributed by atoms with E-state index >= 15 is 0 Å². The smallest absolute Gasteiger partial charge is 0.252 e. The van der Waals surface area contributed by atoms with E-state index in [2.05, 4.69) is 10.3 Å². The number of carbonyl (C=O) groups is 1. The fraction of sp³-hybridized carbons (Fsp3) is 0.179. The predicted octanol–water partition coefficient (Wildman–Crippen LogP) is 5.61. The largest absolute Gasteiger partial charge is 0.495 e. The number of nitrogens with one attached hydrogen (secondary N) is 1. The number of aromatic nitrogens is 2. The Bertz CT molecular complexity index is 1400. The number of aryl methyl sites for hydroxylation is 2. The third-order valence-corrected chi connectivity index (χ3v) is 6.10. The minimum atomic E-state index is -0.823. The van der Waals surface area contributed by atoms with Crippen LogP contribution in [0.15, 0.2) is 84.0 Å². The highest BCUT2D eigenvalue weighted by Gasteiger charge is 2.24. The SMILES string of the molecule is COc1cn(C(Cc2cccnc2)C(=O)Nc2ccc(C)cc2)c(=O)cc1-c1cc(Cl)ccc1C. The van der Waals surface area contributed by atoms with Gasteiger partial charge in [-0.25, -0.2) is 0 Å². The molecule has 7 heteroatoms. The van der Waals surface area contributed by atoms with Gasteiger partial charge >= 0.3 is 0 Å². The fourth-order valence-corrected chi connectivity index (χ4v) is 4.12. The highest BCUT2D eigenvalue weighted by Crippen LogP contribution is 2.33. The molecular weight excluding hydrogens is 462 g/mol. The second-order valence-electron chi connectivity index (χ2n) is 8.40. The first kappa shape index (κ1) is 24.2. The minimum Gasteiger partial charge on any atom is -0.495 e. The van der Waals surface area contributed by atoms with Crippen molar-refractivity contribution in [3.05, 3.63) is 111 Å². The molecule has 6 nitrogen and oxygen atoms in total. The van der Waals surface area contributed by atoms with Crippen molar-refractivity contribution in [3.8, 4) is 16.9 Å². The summed E-state index contributed by atoms with van der Waals surface area (Å²) in [6.45, 7) is 3.92. The van der Waals surface area contributed by atoms with Crippen LogP contribution in [0.25, 0.3) is 11.1 Å². The Morgan fingerprint density at radius 3 is 2.54 bits per heavy atom. The van der Waals surface area contributed by atoms with E-state index in [0.717, 1.165) is 22.3 Å². The number of methoxy groups -OCH3 is 1. The molecule has 0 radical (unpaired) electrons. The molecule has 2 heterocycles. The topological polar surface area (TPSA) is 73.2 Å². The minimum absolute atomic E-state index is 0.282. The van der Waals surface area contributed by atoms with Crippen LogP contribution in [0.3, 0.4) is 0 Å². The van der Waals surface area contributed by atoms with Gasteiger partial charge in [-0.15, -0.1) is 0 Å². The maximum atomic E-state index is 13.5. The molecule has 178 valence electrons. The molecule has 4 aromatic rings. The monoisotopic (exact) mass is 487 g/mol. The number of rotatable bonds is 7. The number of halogens is 1. The summed E-state index contributed by atoms with van der Waals surface area (Å²) in [6, 6.07) is 17.4. The van der Waals surface area contributed by atoms with Gasteiger partial charge in [-0.05, 0) is 60.9 Å². The van der Waals surface area contributed by atoms with E-state index < -0.39 is 6.04 Å². The first-order chi connectivity index (χ1) is 16.9. The molecule has 35 heavy (non-hydrogen) atoms. The maximum Gasteiger partial charge on any atom is 0.252 e. The highest BCUT2D eigenvalue weighted by atomic mass is 35.5. The number of hydrogen-bond acceptors (Lipinski definition) is 4. The van der Waals surface area contributed by atoms with Crippen LogP contribution in [-0.2, 0) is 11.2 Å². The fourth-order valence-electron chi connectivity index (χ4n) is 3.95. The Morgan fingerprint density at radius 2 is 1.86 bits per heavy atom. The zero-order valence-electron chi connectivity index (χ0n) is 19.8.